The highest BCUT2D eigenvalue weighted by Crippen LogP contribution is 2.37. The molecule has 1 atom stereocenters. The zero-order valence-electron chi connectivity index (χ0n) is 12.3. The van der Waals surface area contributed by atoms with Crippen LogP contribution in [0, 0.1) is 15.5 Å². The number of benzene rings is 1. The van der Waals surface area contributed by atoms with E-state index in [1.54, 1.807) is 12.1 Å². The van der Waals surface area contributed by atoms with Gasteiger partial charge in [-0.2, -0.15) is 0 Å². The van der Waals surface area contributed by atoms with Crippen LogP contribution in [0.25, 0.3) is 0 Å². The summed E-state index contributed by atoms with van der Waals surface area (Å²) in [5, 5.41) is 20.8. The van der Waals surface area contributed by atoms with Gasteiger partial charge in [-0.3, -0.25) is 14.9 Å². The van der Waals surface area contributed by atoms with Crippen LogP contribution in [0.1, 0.15) is 45.1 Å². The minimum Gasteiger partial charge on any atom is -0.481 e. The van der Waals surface area contributed by atoms with Crippen LogP contribution in [0.15, 0.2) is 22.7 Å². The predicted molar refractivity (Wildman–Crippen MR) is 84.4 cm³/mol. The largest absolute Gasteiger partial charge is 0.481 e. The van der Waals surface area contributed by atoms with Crippen molar-refractivity contribution in [1.82, 2.24) is 0 Å². The number of hydrogen-bond donors (Lipinski definition) is 1. The van der Waals surface area contributed by atoms with E-state index >= 15 is 0 Å². The number of aliphatic carboxylic acids is 1. The number of unbranched alkanes of at least 4 members (excludes halogenated alkanes) is 1. The molecule has 0 aliphatic rings. The van der Waals surface area contributed by atoms with Crippen molar-refractivity contribution in [2.24, 2.45) is 5.41 Å². The van der Waals surface area contributed by atoms with E-state index in [4.69, 9.17) is 0 Å². The van der Waals surface area contributed by atoms with Gasteiger partial charge >= 0.3 is 5.97 Å². The number of halogens is 1. The molecule has 1 aromatic carbocycles. The summed E-state index contributed by atoms with van der Waals surface area (Å²) in [7, 11) is 0. The van der Waals surface area contributed by atoms with E-state index in [-0.39, 0.29) is 12.1 Å². The molecule has 1 N–H and O–H groups in total. The minimum atomic E-state index is -0.936. The molecular formula is C15H20BrNO4. The zero-order valence-corrected chi connectivity index (χ0v) is 13.9. The molecule has 5 nitrogen and oxygen atoms in total. The summed E-state index contributed by atoms with van der Waals surface area (Å²) in [4.78, 5) is 22.4. The van der Waals surface area contributed by atoms with E-state index in [0.717, 1.165) is 12.8 Å². The Morgan fingerprint density at radius 3 is 2.57 bits per heavy atom. The maximum absolute atomic E-state index is 11.7. The van der Waals surface area contributed by atoms with E-state index < -0.39 is 16.3 Å². The molecule has 0 aromatic heterocycles. The van der Waals surface area contributed by atoms with Gasteiger partial charge in [-0.1, -0.05) is 48.7 Å². The van der Waals surface area contributed by atoms with E-state index in [9.17, 15) is 20.0 Å². The van der Waals surface area contributed by atoms with Gasteiger partial charge in [0.2, 0.25) is 0 Å². The molecule has 21 heavy (non-hydrogen) atoms. The van der Waals surface area contributed by atoms with Crippen LogP contribution in [-0.2, 0) is 11.2 Å². The summed E-state index contributed by atoms with van der Waals surface area (Å²) in [5.41, 5.74) is -0.488. The van der Waals surface area contributed by atoms with Crippen molar-refractivity contribution in [2.45, 2.75) is 46.0 Å². The molecule has 0 radical (unpaired) electrons. The maximum atomic E-state index is 11.7. The molecule has 0 heterocycles. The lowest BCUT2D eigenvalue weighted by Gasteiger charge is -2.28. The summed E-state index contributed by atoms with van der Waals surface area (Å²) in [6.45, 7) is 3.83. The second kappa shape index (κ2) is 7.54. The van der Waals surface area contributed by atoms with Crippen LogP contribution >= 0.6 is 15.9 Å². The molecule has 1 rings (SSSR count). The average molecular weight is 358 g/mol. The van der Waals surface area contributed by atoms with Crippen LogP contribution in [0.3, 0.4) is 0 Å². The summed E-state index contributed by atoms with van der Waals surface area (Å²) < 4.78 is 0.615. The first kappa shape index (κ1) is 17.6. The third kappa shape index (κ3) is 4.27. The molecule has 116 valence electrons. The van der Waals surface area contributed by atoms with Gasteiger partial charge in [0.05, 0.1) is 10.3 Å². The van der Waals surface area contributed by atoms with Crippen molar-refractivity contribution in [3.05, 3.63) is 38.3 Å². The molecule has 0 fully saturated rings. The number of carboxylic acids is 1. The lowest BCUT2D eigenvalue weighted by Crippen LogP contribution is -2.33. The van der Waals surface area contributed by atoms with Gasteiger partial charge in [0.15, 0.2) is 0 Å². The van der Waals surface area contributed by atoms with E-state index in [0.29, 0.717) is 22.9 Å². The Kier molecular flexibility index (Phi) is 6.33. The van der Waals surface area contributed by atoms with Crippen LogP contribution in [0.5, 0.6) is 0 Å². The summed E-state index contributed by atoms with van der Waals surface area (Å²) in [6, 6.07) is 4.78. The average Bonchev–Trinajstić information content (AvgIpc) is 2.44. The topological polar surface area (TPSA) is 80.4 Å². The second-order valence-electron chi connectivity index (χ2n) is 5.25. The molecule has 0 saturated heterocycles. The fourth-order valence-corrected chi connectivity index (χ4v) is 2.81. The van der Waals surface area contributed by atoms with Gasteiger partial charge in [-0.25, -0.2) is 0 Å². The predicted octanol–water partition coefficient (Wildman–Crippen LogP) is 4.57. The van der Waals surface area contributed by atoms with E-state index in [2.05, 4.69) is 15.9 Å². The van der Waals surface area contributed by atoms with Crippen molar-refractivity contribution in [3.63, 3.8) is 0 Å². The van der Waals surface area contributed by atoms with Crippen LogP contribution < -0.4 is 0 Å². The van der Waals surface area contributed by atoms with Crippen molar-refractivity contribution >= 4 is 27.6 Å². The highest BCUT2D eigenvalue weighted by atomic mass is 79.9. The lowest BCUT2D eigenvalue weighted by atomic mass is 9.75. The van der Waals surface area contributed by atoms with Crippen molar-refractivity contribution in [2.75, 3.05) is 0 Å². The van der Waals surface area contributed by atoms with Crippen LogP contribution in [-0.4, -0.2) is 16.0 Å². The first-order chi connectivity index (χ1) is 9.86. The molecule has 6 heteroatoms. The zero-order chi connectivity index (χ0) is 16.0. The normalized spacial score (nSPS) is 13.7. The van der Waals surface area contributed by atoms with Gasteiger partial charge in [-0.05, 0) is 25.3 Å². The SMILES string of the molecule is CCCCC(CC)(Cc1ccc(Br)cc1[N+](=O)[O-])C(=O)O. The fourth-order valence-electron chi connectivity index (χ4n) is 2.46. The van der Waals surface area contributed by atoms with Crippen LogP contribution in [0.2, 0.25) is 0 Å². The molecule has 0 saturated carbocycles. The molecule has 0 aliphatic carbocycles. The molecule has 1 aromatic rings. The van der Waals surface area contributed by atoms with Gasteiger partial charge in [0.1, 0.15) is 0 Å². The lowest BCUT2D eigenvalue weighted by molar-refractivity contribution is -0.385. The van der Waals surface area contributed by atoms with E-state index in [1.165, 1.54) is 6.07 Å². The number of rotatable bonds is 8. The first-order valence-electron chi connectivity index (χ1n) is 7.02. The first-order valence-corrected chi connectivity index (χ1v) is 7.81. The molecule has 0 spiro atoms. The molecule has 0 bridgehead atoms. The maximum Gasteiger partial charge on any atom is 0.309 e. The number of nitro groups is 1. The number of carbonyl (C=O) groups is 1. The Morgan fingerprint density at radius 1 is 1.43 bits per heavy atom. The Bertz CT molecular complexity index is 532. The standard InChI is InChI=1S/C15H20BrNO4/c1-3-5-8-15(4-2,14(18)19)10-11-6-7-12(16)9-13(11)17(20)21/h6-7,9H,3-5,8,10H2,1-2H3,(H,18,19). The van der Waals surface area contributed by atoms with Crippen LogP contribution in [0.4, 0.5) is 5.69 Å². The molecule has 0 aliphatic heterocycles. The Balaban J connectivity index is 3.20. The fraction of sp³-hybridized carbons (Fsp3) is 0.533. The highest BCUT2D eigenvalue weighted by Gasteiger charge is 2.37. The molecular weight excluding hydrogens is 338 g/mol. The number of carboxylic acid groups (broad SMARTS) is 1. The van der Waals surface area contributed by atoms with Gasteiger partial charge in [-0.15, -0.1) is 0 Å². The summed E-state index contributed by atoms with van der Waals surface area (Å²) >= 11 is 3.21. The second-order valence-corrected chi connectivity index (χ2v) is 6.17. The third-order valence-electron chi connectivity index (χ3n) is 3.91. The molecule has 0 amide bonds. The number of nitro benzene ring substituents is 1. The smallest absolute Gasteiger partial charge is 0.309 e. The Hall–Kier alpha value is -1.43. The van der Waals surface area contributed by atoms with Crippen molar-refractivity contribution < 1.29 is 14.8 Å². The summed E-state index contributed by atoms with van der Waals surface area (Å²) in [6.07, 6.45) is 2.86. The van der Waals surface area contributed by atoms with Gasteiger partial charge in [0, 0.05) is 16.1 Å². The minimum absolute atomic E-state index is 0.0278. The Morgan fingerprint density at radius 2 is 2.10 bits per heavy atom. The highest BCUT2D eigenvalue weighted by molar-refractivity contribution is 9.10. The van der Waals surface area contributed by atoms with Crippen molar-refractivity contribution in [1.29, 1.82) is 0 Å². The quantitative estimate of drug-likeness (QED) is 0.545. The third-order valence-corrected chi connectivity index (χ3v) is 4.41. The number of hydrogen-bond acceptors (Lipinski definition) is 3. The van der Waals surface area contributed by atoms with E-state index in [1.807, 2.05) is 13.8 Å². The van der Waals surface area contributed by atoms with Gasteiger partial charge in [0.25, 0.3) is 5.69 Å². The number of nitrogens with zero attached hydrogens (tertiary/aromatic N) is 1. The van der Waals surface area contributed by atoms with Crippen molar-refractivity contribution in [3.8, 4) is 0 Å². The van der Waals surface area contributed by atoms with Gasteiger partial charge < -0.3 is 5.11 Å². The summed E-state index contributed by atoms with van der Waals surface area (Å²) in [5.74, 6) is -0.879. The monoisotopic (exact) mass is 357 g/mol. The molecule has 1 unspecified atom stereocenters. The Labute approximate surface area is 132 Å².